The molecule has 1 aliphatic rings. The largest absolute Gasteiger partial charge is 0.383 e. The minimum Gasteiger partial charge on any atom is -0.383 e. The average molecular weight is 361 g/mol. The van der Waals surface area contributed by atoms with E-state index < -0.39 is 0 Å². The van der Waals surface area contributed by atoms with Crippen molar-refractivity contribution in [3.05, 3.63) is 35.4 Å². The van der Waals surface area contributed by atoms with Crippen LogP contribution in [0.2, 0.25) is 0 Å². The molecule has 0 spiro atoms. The Kier molecular flexibility index (Phi) is 7.24. The molecular weight excluding hydrogens is 324 g/mol. The predicted octanol–water partition coefficient (Wildman–Crippen LogP) is 3.62. The number of rotatable bonds is 7. The van der Waals surface area contributed by atoms with E-state index in [0.29, 0.717) is 18.5 Å². The van der Waals surface area contributed by atoms with Crippen molar-refractivity contribution < 1.29 is 9.53 Å². The molecule has 1 aliphatic heterocycles. The summed E-state index contributed by atoms with van der Waals surface area (Å²) in [5, 5.41) is 0. The lowest BCUT2D eigenvalue weighted by Crippen LogP contribution is -2.58. The molecule has 0 aliphatic carbocycles. The number of nitrogens with zero attached hydrogens (tertiary/aromatic N) is 2. The van der Waals surface area contributed by atoms with E-state index in [1.165, 1.54) is 11.1 Å². The highest BCUT2D eigenvalue weighted by atomic mass is 16.5. The molecule has 0 aromatic heterocycles. The van der Waals surface area contributed by atoms with Gasteiger partial charge in [-0.05, 0) is 38.2 Å². The van der Waals surface area contributed by atoms with Gasteiger partial charge in [-0.25, -0.2) is 0 Å². The minimum atomic E-state index is 0.0148. The van der Waals surface area contributed by atoms with Crippen LogP contribution in [0.5, 0.6) is 0 Å². The van der Waals surface area contributed by atoms with Crippen LogP contribution in [0.15, 0.2) is 24.3 Å². The summed E-state index contributed by atoms with van der Waals surface area (Å²) >= 11 is 0. The number of methoxy groups -OCH3 is 1. The number of carbonyl (C=O) groups excluding carboxylic acids is 1. The maximum atomic E-state index is 12.8. The molecule has 146 valence electrons. The van der Waals surface area contributed by atoms with Crippen LogP contribution in [0.1, 0.15) is 51.7 Å². The van der Waals surface area contributed by atoms with Gasteiger partial charge in [0.05, 0.1) is 6.61 Å². The van der Waals surface area contributed by atoms with E-state index in [9.17, 15) is 4.79 Å². The zero-order valence-corrected chi connectivity index (χ0v) is 17.4. The van der Waals surface area contributed by atoms with Crippen molar-refractivity contribution in [2.24, 2.45) is 0 Å². The van der Waals surface area contributed by atoms with Crippen LogP contribution in [0.3, 0.4) is 0 Å². The van der Waals surface area contributed by atoms with E-state index in [4.69, 9.17) is 4.74 Å². The second-order valence-electron chi connectivity index (χ2n) is 8.48. The molecule has 4 heteroatoms. The molecule has 1 saturated heterocycles. The highest BCUT2D eigenvalue weighted by Gasteiger charge is 2.32. The lowest BCUT2D eigenvalue weighted by atomic mass is 9.80. The minimum absolute atomic E-state index is 0.0148. The summed E-state index contributed by atoms with van der Waals surface area (Å²) in [5.41, 5.74) is 2.60. The van der Waals surface area contributed by atoms with Crippen molar-refractivity contribution in [1.82, 2.24) is 9.80 Å². The van der Waals surface area contributed by atoms with Crippen molar-refractivity contribution in [3.8, 4) is 0 Å². The first-order valence-electron chi connectivity index (χ1n) is 9.84. The Morgan fingerprint density at radius 3 is 2.27 bits per heavy atom. The van der Waals surface area contributed by atoms with Gasteiger partial charge in [0.25, 0.3) is 0 Å². The number of ether oxygens (including phenoxy) is 1. The van der Waals surface area contributed by atoms with Gasteiger partial charge < -0.3 is 9.64 Å². The topological polar surface area (TPSA) is 32.8 Å². The van der Waals surface area contributed by atoms with Gasteiger partial charge in [-0.15, -0.1) is 0 Å². The van der Waals surface area contributed by atoms with E-state index in [1.807, 2.05) is 0 Å². The molecule has 0 bridgehead atoms. The molecule has 1 fully saturated rings. The Morgan fingerprint density at radius 1 is 1.15 bits per heavy atom. The zero-order chi connectivity index (χ0) is 19.3. The molecule has 2 rings (SSSR count). The maximum absolute atomic E-state index is 12.8. The Bertz CT molecular complexity index is 570. The third-order valence-corrected chi connectivity index (χ3v) is 5.80. The van der Waals surface area contributed by atoms with Crippen LogP contribution in [-0.4, -0.2) is 61.1 Å². The summed E-state index contributed by atoms with van der Waals surface area (Å²) < 4.78 is 5.22. The molecular formula is C22H36N2O2. The van der Waals surface area contributed by atoms with E-state index in [1.54, 1.807) is 7.11 Å². The van der Waals surface area contributed by atoms with Crippen LogP contribution in [0.25, 0.3) is 0 Å². The predicted molar refractivity (Wildman–Crippen MR) is 108 cm³/mol. The summed E-state index contributed by atoms with van der Waals surface area (Å²) in [6, 6.07) is 9.45. The Hall–Kier alpha value is -1.39. The highest BCUT2D eigenvalue weighted by Crippen LogP contribution is 2.29. The normalized spacial score (nSPS) is 21.8. The standard InChI is InChI=1S/C22H36N2O2/c1-17-7-9-20(10-8-17)22(4,5)12-11-21(25)23-15-18(2)24(13-14-26-6)19(3)16-23/h7-10,18-19H,11-16H2,1-6H3. The van der Waals surface area contributed by atoms with E-state index >= 15 is 0 Å². The second kappa shape index (κ2) is 9.01. The molecule has 1 heterocycles. The first-order chi connectivity index (χ1) is 12.2. The lowest BCUT2D eigenvalue weighted by Gasteiger charge is -2.44. The van der Waals surface area contributed by atoms with Gasteiger partial charge in [-0.1, -0.05) is 43.7 Å². The van der Waals surface area contributed by atoms with Gasteiger partial charge in [0.2, 0.25) is 5.91 Å². The Morgan fingerprint density at radius 2 is 1.73 bits per heavy atom. The molecule has 0 N–H and O–H groups in total. The summed E-state index contributed by atoms with van der Waals surface area (Å²) in [4.78, 5) is 17.3. The smallest absolute Gasteiger partial charge is 0.222 e. The van der Waals surface area contributed by atoms with E-state index in [-0.39, 0.29) is 11.3 Å². The van der Waals surface area contributed by atoms with Crippen LogP contribution in [0.4, 0.5) is 0 Å². The fourth-order valence-corrected chi connectivity index (χ4v) is 3.92. The molecule has 0 radical (unpaired) electrons. The lowest BCUT2D eigenvalue weighted by molar-refractivity contribution is -0.136. The molecule has 4 nitrogen and oxygen atoms in total. The quantitative estimate of drug-likeness (QED) is 0.744. The van der Waals surface area contributed by atoms with Crippen LogP contribution < -0.4 is 0 Å². The first-order valence-corrected chi connectivity index (χ1v) is 9.84. The molecule has 1 aromatic rings. The van der Waals surface area contributed by atoms with E-state index in [2.05, 4.69) is 68.7 Å². The van der Waals surface area contributed by atoms with Crippen molar-refractivity contribution in [2.75, 3.05) is 33.4 Å². The van der Waals surface area contributed by atoms with Gasteiger partial charge in [-0.2, -0.15) is 0 Å². The number of carbonyl (C=O) groups is 1. The molecule has 2 unspecified atom stereocenters. The average Bonchev–Trinajstić information content (AvgIpc) is 2.59. The van der Waals surface area contributed by atoms with E-state index in [0.717, 1.165) is 32.7 Å². The fraction of sp³-hybridized carbons (Fsp3) is 0.682. The Labute approximate surface area is 159 Å². The number of amides is 1. The summed E-state index contributed by atoms with van der Waals surface area (Å²) in [7, 11) is 1.74. The van der Waals surface area contributed by atoms with Crippen molar-refractivity contribution in [1.29, 1.82) is 0 Å². The SMILES string of the molecule is COCCN1C(C)CN(C(=O)CCC(C)(C)c2ccc(C)cc2)CC1C. The summed E-state index contributed by atoms with van der Waals surface area (Å²) in [5.74, 6) is 0.287. The van der Waals surface area contributed by atoms with Gasteiger partial charge in [0, 0.05) is 45.2 Å². The number of hydrogen-bond donors (Lipinski definition) is 0. The maximum Gasteiger partial charge on any atom is 0.222 e. The second-order valence-corrected chi connectivity index (χ2v) is 8.48. The van der Waals surface area contributed by atoms with Crippen LogP contribution >= 0.6 is 0 Å². The van der Waals surface area contributed by atoms with Crippen molar-refractivity contribution in [3.63, 3.8) is 0 Å². The molecule has 0 saturated carbocycles. The monoisotopic (exact) mass is 360 g/mol. The Balaban J connectivity index is 1.90. The van der Waals surface area contributed by atoms with Crippen LogP contribution in [-0.2, 0) is 14.9 Å². The number of benzene rings is 1. The van der Waals surface area contributed by atoms with Crippen LogP contribution in [0, 0.1) is 6.92 Å². The first kappa shape index (κ1) is 20.9. The summed E-state index contributed by atoms with van der Waals surface area (Å²) in [6.07, 6.45) is 1.49. The van der Waals surface area contributed by atoms with Crippen molar-refractivity contribution in [2.45, 2.75) is 65.0 Å². The highest BCUT2D eigenvalue weighted by molar-refractivity contribution is 5.76. The van der Waals surface area contributed by atoms with Gasteiger partial charge in [0.1, 0.15) is 0 Å². The van der Waals surface area contributed by atoms with Gasteiger partial charge in [0.15, 0.2) is 0 Å². The van der Waals surface area contributed by atoms with Gasteiger partial charge in [-0.3, -0.25) is 9.69 Å². The number of piperazine rings is 1. The fourth-order valence-electron chi connectivity index (χ4n) is 3.92. The third kappa shape index (κ3) is 5.31. The van der Waals surface area contributed by atoms with Gasteiger partial charge >= 0.3 is 0 Å². The zero-order valence-electron chi connectivity index (χ0n) is 17.4. The molecule has 1 amide bonds. The number of aryl methyl sites for hydroxylation is 1. The van der Waals surface area contributed by atoms with Crippen molar-refractivity contribution >= 4 is 5.91 Å². The third-order valence-electron chi connectivity index (χ3n) is 5.80. The number of hydrogen-bond acceptors (Lipinski definition) is 3. The molecule has 2 atom stereocenters. The molecule has 26 heavy (non-hydrogen) atoms. The summed E-state index contributed by atoms with van der Waals surface area (Å²) in [6.45, 7) is 14.3. The molecule has 1 aromatic carbocycles.